The summed E-state index contributed by atoms with van der Waals surface area (Å²) in [7, 11) is 0. The maximum atomic E-state index is 8.30. The predicted molar refractivity (Wildman–Crippen MR) is 60.7 cm³/mol. The molecule has 0 aliphatic carbocycles. The summed E-state index contributed by atoms with van der Waals surface area (Å²) in [5.74, 6) is 0.229. The average Bonchev–Trinajstić information content (AvgIpc) is 2.17. The van der Waals surface area contributed by atoms with Crippen LogP contribution in [0.1, 0.15) is 6.42 Å². The van der Waals surface area contributed by atoms with E-state index in [1.165, 1.54) is 0 Å². The molecule has 0 spiro atoms. The van der Waals surface area contributed by atoms with E-state index in [0.717, 1.165) is 10.2 Å². The van der Waals surface area contributed by atoms with Crippen molar-refractivity contribution in [2.24, 2.45) is 10.9 Å². The van der Waals surface area contributed by atoms with Gasteiger partial charge in [-0.1, -0.05) is 27.2 Å². The molecule has 0 aromatic heterocycles. The van der Waals surface area contributed by atoms with E-state index in [2.05, 4.69) is 26.4 Å². The van der Waals surface area contributed by atoms with Crippen molar-refractivity contribution in [1.82, 2.24) is 0 Å². The Morgan fingerprint density at radius 3 is 3.00 bits per heavy atom. The summed E-state index contributed by atoms with van der Waals surface area (Å²) in [4.78, 5) is 0. The number of anilines is 1. The van der Waals surface area contributed by atoms with Crippen LogP contribution in [0, 0.1) is 0 Å². The predicted octanol–water partition coefficient (Wildman–Crippen LogP) is 2.00. The second kappa shape index (κ2) is 5.49. The van der Waals surface area contributed by atoms with Crippen LogP contribution in [0.5, 0.6) is 0 Å². The summed E-state index contributed by atoms with van der Waals surface area (Å²) < 4.78 is 1.02. The van der Waals surface area contributed by atoms with Crippen LogP contribution >= 0.6 is 15.9 Å². The van der Waals surface area contributed by atoms with Gasteiger partial charge in [-0.2, -0.15) is 0 Å². The molecular formula is C9H12BrN3O. The molecular weight excluding hydrogens is 246 g/mol. The lowest BCUT2D eigenvalue weighted by atomic mass is 10.3. The quantitative estimate of drug-likeness (QED) is 0.335. The summed E-state index contributed by atoms with van der Waals surface area (Å²) in [5, 5.41) is 14.3. The number of amidine groups is 1. The lowest BCUT2D eigenvalue weighted by Gasteiger charge is -2.05. The van der Waals surface area contributed by atoms with Crippen molar-refractivity contribution in [1.29, 1.82) is 0 Å². The third kappa shape index (κ3) is 3.66. The first kappa shape index (κ1) is 10.8. The van der Waals surface area contributed by atoms with Crippen LogP contribution in [0.4, 0.5) is 5.69 Å². The number of rotatable bonds is 4. The van der Waals surface area contributed by atoms with Crippen LogP contribution in [0.15, 0.2) is 33.9 Å². The van der Waals surface area contributed by atoms with Gasteiger partial charge >= 0.3 is 0 Å². The molecule has 0 saturated heterocycles. The SMILES string of the molecule is NC(CCNc1cccc(Br)c1)=NO. The lowest BCUT2D eigenvalue weighted by molar-refractivity contribution is 0.317. The van der Waals surface area contributed by atoms with Gasteiger partial charge in [-0.05, 0) is 18.2 Å². The molecule has 0 bridgehead atoms. The molecule has 1 aromatic carbocycles. The molecule has 0 fully saturated rings. The summed E-state index contributed by atoms with van der Waals surface area (Å²) in [6.45, 7) is 0.645. The molecule has 0 heterocycles. The van der Waals surface area contributed by atoms with E-state index >= 15 is 0 Å². The van der Waals surface area contributed by atoms with Gasteiger partial charge in [-0.25, -0.2) is 0 Å². The molecule has 0 aliphatic heterocycles. The van der Waals surface area contributed by atoms with Crippen LogP contribution in [-0.2, 0) is 0 Å². The lowest BCUT2D eigenvalue weighted by Crippen LogP contribution is -2.16. The van der Waals surface area contributed by atoms with Crippen molar-refractivity contribution < 1.29 is 5.21 Å². The van der Waals surface area contributed by atoms with Gasteiger partial charge in [-0.3, -0.25) is 0 Å². The highest BCUT2D eigenvalue weighted by Crippen LogP contribution is 2.15. The summed E-state index contributed by atoms with van der Waals surface area (Å²) in [6.07, 6.45) is 0.517. The van der Waals surface area contributed by atoms with E-state index in [1.807, 2.05) is 24.3 Å². The Morgan fingerprint density at radius 1 is 1.57 bits per heavy atom. The van der Waals surface area contributed by atoms with Gasteiger partial charge in [-0.15, -0.1) is 0 Å². The molecule has 4 nitrogen and oxygen atoms in total. The van der Waals surface area contributed by atoms with Crippen molar-refractivity contribution in [2.75, 3.05) is 11.9 Å². The highest BCUT2D eigenvalue weighted by molar-refractivity contribution is 9.10. The molecule has 76 valence electrons. The Balaban J connectivity index is 2.39. The van der Waals surface area contributed by atoms with Crippen LogP contribution in [0.3, 0.4) is 0 Å². The van der Waals surface area contributed by atoms with Crippen LogP contribution in [0.2, 0.25) is 0 Å². The molecule has 5 heteroatoms. The Morgan fingerprint density at radius 2 is 2.36 bits per heavy atom. The minimum atomic E-state index is 0.229. The Kier molecular flexibility index (Phi) is 4.25. The van der Waals surface area contributed by atoms with E-state index < -0.39 is 0 Å². The van der Waals surface area contributed by atoms with Gasteiger partial charge < -0.3 is 16.3 Å². The summed E-state index contributed by atoms with van der Waals surface area (Å²) >= 11 is 3.37. The number of nitrogens with two attached hydrogens (primary N) is 1. The number of oxime groups is 1. The second-order valence-electron chi connectivity index (χ2n) is 2.78. The fraction of sp³-hybridized carbons (Fsp3) is 0.222. The van der Waals surface area contributed by atoms with E-state index in [1.54, 1.807) is 0 Å². The van der Waals surface area contributed by atoms with Crippen molar-refractivity contribution >= 4 is 27.5 Å². The van der Waals surface area contributed by atoms with Crippen molar-refractivity contribution in [3.05, 3.63) is 28.7 Å². The van der Waals surface area contributed by atoms with E-state index in [9.17, 15) is 0 Å². The van der Waals surface area contributed by atoms with Gasteiger partial charge in [0.05, 0.1) is 0 Å². The van der Waals surface area contributed by atoms with Gasteiger partial charge in [0.2, 0.25) is 0 Å². The molecule has 1 aromatic rings. The van der Waals surface area contributed by atoms with Gasteiger partial charge in [0.15, 0.2) is 0 Å². The highest BCUT2D eigenvalue weighted by Gasteiger charge is 1.94. The van der Waals surface area contributed by atoms with E-state index in [4.69, 9.17) is 10.9 Å². The van der Waals surface area contributed by atoms with Crippen LogP contribution in [-0.4, -0.2) is 17.6 Å². The van der Waals surface area contributed by atoms with Crippen molar-refractivity contribution in [3.8, 4) is 0 Å². The largest absolute Gasteiger partial charge is 0.409 e. The summed E-state index contributed by atoms with van der Waals surface area (Å²) in [6, 6.07) is 7.81. The third-order valence-electron chi connectivity index (χ3n) is 1.66. The monoisotopic (exact) mass is 257 g/mol. The third-order valence-corrected chi connectivity index (χ3v) is 2.16. The standard InChI is InChI=1S/C9H12BrN3O/c10-7-2-1-3-8(6-7)12-5-4-9(11)13-14/h1-3,6,12,14H,4-5H2,(H2,11,13). The zero-order chi connectivity index (χ0) is 10.4. The topological polar surface area (TPSA) is 70.6 Å². The van der Waals surface area contributed by atoms with Crippen molar-refractivity contribution in [3.63, 3.8) is 0 Å². The molecule has 4 N–H and O–H groups in total. The average molecular weight is 258 g/mol. The first-order valence-corrected chi connectivity index (χ1v) is 4.97. The maximum Gasteiger partial charge on any atom is 0.140 e. The Hall–Kier alpha value is -1.23. The molecule has 0 aliphatic rings. The number of hydrogen-bond acceptors (Lipinski definition) is 3. The smallest absolute Gasteiger partial charge is 0.140 e. The molecule has 0 unspecified atom stereocenters. The fourth-order valence-electron chi connectivity index (χ4n) is 0.983. The zero-order valence-corrected chi connectivity index (χ0v) is 9.16. The van der Waals surface area contributed by atoms with Crippen molar-refractivity contribution in [2.45, 2.75) is 6.42 Å². The molecule has 0 saturated carbocycles. The molecule has 0 amide bonds. The number of hydrogen-bond donors (Lipinski definition) is 3. The molecule has 0 radical (unpaired) electrons. The normalized spacial score (nSPS) is 11.4. The molecule has 0 atom stereocenters. The Labute approximate surface area is 90.9 Å². The van der Waals surface area contributed by atoms with Crippen LogP contribution < -0.4 is 11.1 Å². The zero-order valence-electron chi connectivity index (χ0n) is 7.57. The highest BCUT2D eigenvalue weighted by atomic mass is 79.9. The second-order valence-corrected chi connectivity index (χ2v) is 3.69. The number of halogens is 1. The molecule has 14 heavy (non-hydrogen) atoms. The molecule has 1 rings (SSSR count). The number of nitrogens with zero attached hydrogens (tertiary/aromatic N) is 1. The minimum Gasteiger partial charge on any atom is -0.409 e. The van der Waals surface area contributed by atoms with Gasteiger partial charge in [0.1, 0.15) is 5.84 Å². The first-order chi connectivity index (χ1) is 6.72. The summed E-state index contributed by atoms with van der Waals surface area (Å²) in [5.41, 5.74) is 6.32. The first-order valence-electron chi connectivity index (χ1n) is 4.18. The Bertz CT molecular complexity index is 328. The fourth-order valence-corrected chi connectivity index (χ4v) is 1.38. The minimum absolute atomic E-state index is 0.229. The number of nitrogens with one attached hydrogen (secondary N) is 1. The number of benzene rings is 1. The van der Waals surface area contributed by atoms with E-state index in [0.29, 0.717) is 13.0 Å². The maximum absolute atomic E-state index is 8.30. The van der Waals surface area contributed by atoms with Gasteiger partial charge in [0.25, 0.3) is 0 Å². The van der Waals surface area contributed by atoms with E-state index in [-0.39, 0.29) is 5.84 Å². The van der Waals surface area contributed by atoms with Gasteiger partial charge in [0, 0.05) is 23.1 Å². The van der Waals surface area contributed by atoms with Crippen LogP contribution in [0.25, 0.3) is 0 Å².